The van der Waals surface area contributed by atoms with Crippen molar-refractivity contribution in [2.24, 2.45) is 5.41 Å². The second-order valence-corrected chi connectivity index (χ2v) is 12.6. The second-order valence-electron chi connectivity index (χ2n) is 11.3. The van der Waals surface area contributed by atoms with Gasteiger partial charge < -0.3 is 10.1 Å². The highest BCUT2D eigenvalue weighted by atomic mass is 35.5. The fraction of sp³-hybridized carbons (Fsp3) is 0.323. The number of nitrogens with one attached hydrogen (secondary N) is 1. The molecule has 5 rings (SSSR count). The van der Waals surface area contributed by atoms with Crippen molar-refractivity contribution in [3.8, 4) is 11.5 Å². The van der Waals surface area contributed by atoms with E-state index < -0.39 is 5.54 Å². The molecule has 1 fully saturated rings. The number of hydrogen-bond donors (Lipinski definition) is 1. The zero-order chi connectivity index (χ0) is 28.3. The van der Waals surface area contributed by atoms with Crippen LogP contribution >= 0.6 is 34.8 Å². The zero-order valence-electron chi connectivity index (χ0n) is 22.7. The number of halogens is 3. The first-order valence-electron chi connectivity index (χ1n) is 13.4. The van der Waals surface area contributed by atoms with Gasteiger partial charge in [0.1, 0.15) is 11.5 Å². The lowest BCUT2D eigenvalue weighted by Gasteiger charge is -2.35. The van der Waals surface area contributed by atoms with Crippen molar-refractivity contribution < 1.29 is 4.74 Å². The Kier molecular flexibility index (Phi) is 8.41. The summed E-state index contributed by atoms with van der Waals surface area (Å²) in [5.74, 6) is 2.31. The highest BCUT2D eigenvalue weighted by molar-refractivity contribution is 6.35. The topological polar surface area (TPSA) is 64.9 Å². The normalized spacial score (nSPS) is 15.8. The third-order valence-corrected chi connectivity index (χ3v) is 8.05. The molecule has 1 aromatic heterocycles. The van der Waals surface area contributed by atoms with E-state index >= 15 is 0 Å². The van der Waals surface area contributed by atoms with E-state index in [1.807, 2.05) is 71.4 Å². The Balaban J connectivity index is 1.42. The third kappa shape index (κ3) is 6.46. The molecule has 0 spiro atoms. The van der Waals surface area contributed by atoms with Gasteiger partial charge in [-0.3, -0.25) is 0 Å². The molecular formula is C31H32Cl3N5O. The maximum Gasteiger partial charge on any atom is 0.177 e. The van der Waals surface area contributed by atoms with Crippen LogP contribution in [0.2, 0.25) is 15.1 Å². The SMILES string of the molecule is CC(C)(C)C(/C=C\c1ccc(Cl)cc1Cl)n1nnnc1C1(Nc2ccc(Oc3ccc(Cl)cc3)cc2)CCCC1. The molecule has 6 nitrogen and oxygen atoms in total. The van der Waals surface area contributed by atoms with Crippen LogP contribution in [0.3, 0.4) is 0 Å². The van der Waals surface area contributed by atoms with Gasteiger partial charge in [-0.05, 0) is 94.9 Å². The fourth-order valence-electron chi connectivity index (χ4n) is 5.17. The van der Waals surface area contributed by atoms with Crippen molar-refractivity contribution in [1.82, 2.24) is 20.2 Å². The van der Waals surface area contributed by atoms with Crippen LogP contribution < -0.4 is 10.1 Å². The lowest BCUT2D eigenvalue weighted by atomic mass is 9.85. The van der Waals surface area contributed by atoms with Crippen molar-refractivity contribution in [3.05, 3.63) is 99.3 Å². The lowest BCUT2D eigenvalue weighted by molar-refractivity contribution is 0.254. The van der Waals surface area contributed by atoms with Gasteiger partial charge in [-0.25, -0.2) is 4.68 Å². The fourth-order valence-corrected chi connectivity index (χ4v) is 5.77. The van der Waals surface area contributed by atoms with Crippen molar-refractivity contribution in [3.63, 3.8) is 0 Å². The average Bonchev–Trinajstić information content (AvgIpc) is 3.58. The minimum atomic E-state index is -0.392. The number of benzene rings is 3. The molecule has 1 unspecified atom stereocenters. The Morgan fingerprint density at radius 1 is 0.900 bits per heavy atom. The standard InChI is InChI=1S/C31H32Cl3N5O/c1-30(2,3)28(17-7-21-6-8-23(33)20-27(21)34)39-29(36-37-38-39)31(18-4-5-19-31)35-24-11-15-26(16-12-24)40-25-13-9-22(32)10-14-25/h6-17,20,28,35H,4-5,18-19H2,1-3H3/b17-7-. The highest BCUT2D eigenvalue weighted by Crippen LogP contribution is 2.43. The predicted molar refractivity (Wildman–Crippen MR) is 164 cm³/mol. The number of hydrogen-bond acceptors (Lipinski definition) is 5. The van der Waals surface area contributed by atoms with Gasteiger partial charge in [-0.2, -0.15) is 0 Å². The molecule has 0 saturated heterocycles. The number of allylic oxidation sites excluding steroid dienone is 1. The third-order valence-electron chi connectivity index (χ3n) is 7.24. The first-order chi connectivity index (χ1) is 19.1. The van der Waals surface area contributed by atoms with Crippen molar-refractivity contribution in [1.29, 1.82) is 0 Å². The van der Waals surface area contributed by atoms with Gasteiger partial charge in [0.15, 0.2) is 5.82 Å². The van der Waals surface area contributed by atoms with Gasteiger partial charge >= 0.3 is 0 Å². The summed E-state index contributed by atoms with van der Waals surface area (Å²) in [7, 11) is 0. The first kappa shape index (κ1) is 28.5. The van der Waals surface area contributed by atoms with Crippen LogP contribution in [0.25, 0.3) is 6.08 Å². The van der Waals surface area contributed by atoms with Crippen LogP contribution in [0.15, 0.2) is 72.8 Å². The van der Waals surface area contributed by atoms with E-state index in [4.69, 9.17) is 39.5 Å². The van der Waals surface area contributed by atoms with Crippen LogP contribution in [0, 0.1) is 5.41 Å². The van der Waals surface area contributed by atoms with E-state index in [2.05, 4.69) is 47.7 Å². The zero-order valence-corrected chi connectivity index (χ0v) is 25.0. The molecule has 40 heavy (non-hydrogen) atoms. The summed E-state index contributed by atoms with van der Waals surface area (Å²) in [6.07, 6.45) is 8.19. The van der Waals surface area contributed by atoms with Gasteiger partial charge in [0.05, 0.1) is 11.6 Å². The monoisotopic (exact) mass is 595 g/mol. The summed E-state index contributed by atoms with van der Waals surface area (Å²) < 4.78 is 7.94. The number of anilines is 1. The van der Waals surface area contributed by atoms with Crippen LogP contribution in [0.1, 0.15) is 63.9 Å². The molecule has 208 valence electrons. The van der Waals surface area contributed by atoms with Crippen LogP contribution in [-0.4, -0.2) is 20.2 Å². The molecule has 1 heterocycles. The van der Waals surface area contributed by atoms with Gasteiger partial charge in [-0.1, -0.05) is 86.6 Å². The first-order valence-corrected chi connectivity index (χ1v) is 14.5. The maximum atomic E-state index is 6.46. The van der Waals surface area contributed by atoms with Crippen molar-refractivity contribution in [2.75, 3.05) is 5.32 Å². The maximum absolute atomic E-state index is 6.46. The van der Waals surface area contributed by atoms with Gasteiger partial charge in [-0.15, -0.1) is 5.10 Å². The summed E-state index contributed by atoms with van der Waals surface area (Å²) in [5.41, 5.74) is 1.32. The van der Waals surface area contributed by atoms with Gasteiger partial charge in [0.2, 0.25) is 0 Å². The summed E-state index contributed by atoms with van der Waals surface area (Å²) in [6, 6.07) is 20.7. The minimum Gasteiger partial charge on any atom is -0.457 e. The Morgan fingerprint density at radius 3 is 2.15 bits per heavy atom. The average molecular weight is 597 g/mol. The Hall–Kier alpha value is -3.06. The number of rotatable bonds is 8. The molecule has 3 aromatic carbocycles. The molecule has 9 heteroatoms. The molecule has 1 aliphatic rings. The van der Waals surface area contributed by atoms with E-state index in [-0.39, 0.29) is 11.5 Å². The number of nitrogens with zero attached hydrogens (tertiary/aromatic N) is 4. The smallest absolute Gasteiger partial charge is 0.177 e. The minimum absolute atomic E-state index is 0.112. The van der Waals surface area contributed by atoms with Gasteiger partial charge in [0.25, 0.3) is 0 Å². The Bertz CT molecular complexity index is 1470. The molecule has 0 aliphatic heterocycles. The lowest BCUT2D eigenvalue weighted by Crippen LogP contribution is -2.38. The largest absolute Gasteiger partial charge is 0.457 e. The van der Waals surface area contributed by atoms with E-state index in [1.54, 1.807) is 6.07 Å². The van der Waals surface area contributed by atoms with E-state index in [0.29, 0.717) is 15.1 Å². The molecule has 4 aromatic rings. The summed E-state index contributed by atoms with van der Waals surface area (Å²) in [5, 5.41) is 18.9. The molecule has 0 bridgehead atoms. The van der Waals surface area contributed by atoms with Crippen LogP contribution in [-0.2, 0) is 5.54 Å². The van der Waals surface area contributed by atoms with Crippen LogP contribution in [0.5, 0.6) is 11.5 Å². The number of tetrazole rings is 1. The van der Waals surface area contributed by atoms with Gasteiger partial charge in [0, 0.05) is 20.8 Å². The molecule has 0 radical (unpaired) electrons. The second kappa shape index (κ2) is 11.8. The Morgan fingerprint density at radius 2 is 1.52 bits per heavy atom. The van der Waals surface area contributed by atoms with E-state index in [1.165, 1.54) is 0 Å². The predicted octanol–water partition coefficient (Wildman–Crippen LogP) is 9.61. The molecule has 0 amide bonds. The highest BCUT2D eigenvalue weighted by Gasteiger charge is 2.42. The van der Waals surface area contributed by atoms with E-state index in [0.717, 1.165) is 54.3 Å². The summed E-state index contributed by atoms with van der Waals surface area (Å²) in [4.78, 5) is 0. The number of ether oxygens (including phenoxy) is 1. The summed E-state index contributed by atoms with van der Waals surface area (Å²) >= 11 is 18.5. The molecule has 1 saturated carbocycles. The summed E-state index contributed by atoms with van der Waals surface area (Å²) in [6.45, 7) is 6.56. The molecule has 1 atom stereocenters. The van der Waals surface area contributed by atoms with Crippen LogP contribution in [0.4, 0.5) is 5.69 Å². The van der Waals surface area contributed by atoms with E-state index in [9.17, 15) is 0 Å². The van der Waals surface area contributed by atoms with Crippen molar-refractivity contribution in [2.45, 2.75) is 58.0 Å². The number of aromatic nitrogens is 4. The molecule has 1 N–H and O–H groups in total. The Labute approximate surface area is 250 Å². The molecular weight excluding hydrogens is 565 g/mol. The molecule has 1 aliphatic carbocycles. The van der Waals surface area contributed by atoms with Crippen molar-refractivity contribution >= 4 is 46.6 Å². The quantitative estimate of drug-likeness (QED) is 0.219.